The van der Waals surface area contributed by atoms with E-state index < -0.39 is 5.41 Å². The molecule has 0 aliphatic heterocycles. The number of para-hydroxylation sites is 1. The van der Waals surface area contributed by atoms with Crippen molar-refractivity contribution in [3.8, 4) is 11.1 Å². The van der Waals surface area contributed by atoms with Crippen molar-refractivity contribution in [2.45, 2.75) is 5.41 Å². The predicted octanol–water partition coefficient (Wildman–Crippen LogP) is 7.08. The topological polar surface area (TPSA) is 28.7 Å². The summed E-state index contributed by atoms with van der Waals surface area (Å²) < 4.78 is 0. The maximum absolute atomic E-state index is 4.93. The number of nitrogens with zero attached hydrogens (tertiary/aromatic N) is 1. The van der Waals surface area contributed by atoms with Crippen molar-refractivity contribution in [2.24, 2.45) is 0 Å². The fourth-order valence-corrected chi connectivity index (χ4v) is 5.63. The number of hydrogen-bond donors (Lipinski definition) is 1. The highest BCUT2D eigenvalue weighted by atomic mass is 14.7. The van der Waals surface area contributed by atoms with Gasteiger partial charge in [0.05, 0.1) is 11.1 Å². The molecule has 0 saturated heterocycles. The molecule has 2 aromatic heterocycles. The van der Waals surface area contributed by atoms with Crippen molar-refractivity contribution in [3.05, 3.63) is 138 Å². The van der Waals surface area contributed by atoms with Gasteiger partial charge in [-0.05, 0) is 58.1 Å². The molecule has 7 rings (SSSR count). The van der Waals surface area contributed by atoms with Gasteiger partial charge in [-0.15, -0.1) is 0 Å². The van der Waals surface area contributed by atoms with Crippen LogP contribution < -0.4 is 0 Å². The Morgan fingerprint density at radius 1 is 0.562 bits per heavy atom. The Balaban J connectivity index is 1.70. The highest BCUT2D eigenvalue weighted by Gasteiger charge is 2.47. The molecule has 0 saturated carbocycles. The molecule has 1 N–H and O–H groups in total. The third-order valence-electron chi connectivity index (χ3n) is 6.93. The molecule has 0 radical (unpaired) electrons. The number of fused-ring (bicyclic) bond motifs is 6. The second-order valence-electron chi connectivity index (χ2n) is 8.49. The van der Waals surface area contributed by atoms with Crippen LogP contribution >= 0.6 is 0 Å². The Morgan fingerprint density at radius 3 is 2.22 bits per heavy atom. The van der Waals surface area contributed by atoms with E-state index >= 15 is 0 Å². The van der Waals surface area contributed by atoms with E-state index in [0.29, 0.717) is 0 Å². The molecular formula is C30H20N2. The molecule has 0 spiro atoms. The Hall–Kier alpha value is -4.17. The number of benzene rings is 4. The predicted molar refractivity (Wildman–Crippen MR) is 131 cm³/mol. The average Bonchev–Trinajstić information content (AvgIpc) is 3.37. The minimum atomic E-state index is -0.457. The van der Waals surface area contributed by atoms with Crippen molar-refractivity contribution >= 4 is 21.8 Å². The van der Waals surface area contributed by atoms with E-state index in [1.807, 2.05) is 12.3 Å². The quantitative estimate of drug-likeness (QED) is 0.325. The minimum Gasteiger partial charge on any atom is -0.354 e. The number of aromatic amines is 1. The van der Waals surface area contributed by atoms with Gasteiger partial charge < -0.3 is 4.98 Å². The van der Waals surface area contributed by atoms with Crippen molar-refractivity contribution in [1.82, 2.24) is 9.97 Å². The molecule has 4 aromatic carbocycles. The fourth-order valence-electron chi connectivity index (χ4n) is 5.63. The van der Waals surface area contributed by atoms with Gasteiger partial charge in [-0.2, -0.15) is 0 Å². The molecule has 150 valence electrons. The van der Waals surface area contributed by atoms with Crippen LogP contribution in [0.2, 0.25) is 0 Å². The molecule has 6 aromatic rings. The van der Waals surface area contributed by atoms with Gasteiger partial charge in [-0.25, -0.2) is 0 Å². The zero-order valence-electron chi connectivity index (χ0n) is 17.4. The summed E-state index contributed by atoms with van der Waals surface area (Å²) in [7, 11) is 0. The summed E-state index contributed by atoms with van der Waals surface area (Å²) >= 11 is 0. The number of hydrogen-bond acceptors (Lipinski definition) is 1. The van der Waals surface area contributed by atoms with E-state index in [2.05, 4.69) is 108 Å². The molecule has 1 unspecified atom stereocenters. The summed E-state index contributed by atoms with van der Waals surface area (Å²) in [5, 5.41) is 2.51. The van der Waals surface area contributed by atoms with Gasteiger partial charge in [0.1, 0.15) is 0 Å². The normalized spacial score (nSPS) is 16.9. The second-order valence-corrected chi connectivity index (χ2v) is 8.49. The lowest BCUT2D eigenvalue weighted by Gasteiger charge is -2.32. The second kappa shape index (κ2) is 6.41. The van der Waals surface area contributed by atoms with Gasteiger partial charge in [0.2, 0.25) is 0 Å². The standard InChI is InChI=1S/C30H20N2/c1-2-10-20(11-3-1)30(29-16-8-9-17-31-29)25-14-6-4-12-21(25)23-19-28-24(18-26(23)30)22-13-5-7-15-27(22)32-28/h1-19,32H. The molecule has 1 aliphatic rings. The molecule has 0 fully saturated rings. The van der Waals surface area contributed by atoms with Crippen LogP contribution in [0, 0.1) is 0 Å². The summed E-state index contributed by atoms with van der Waals surface area (Å²) in [6.07, 6.45) is 1.91. The van der Waals surface area contributed by atoms with Crippen LogP contribution in [0.15, 0.2) is 115 Å². The smallest absolute Gasteiger partial charge is 0.0886 e. The van der Waals surface area contributed by atoms with Crippen molar-refractivity contribution < 1.29 is 0 Å². The summed E-state index contributed by atoms with van der Waals surface area (Å²) in [5.74, 6) is 0. The SMILES string of the molecule is c1ccc(C2(c3ccccn3)c3ccccc3-c3cc4[nH]c5ccccc5c4cc32)cc1. The van der Waals surface area contributed by atoms with Gasteiger partial charge in [0, 0.05) is 28.0 Å². The number of aromatic nitrogens is 2. The zero-order chi connectivity index (χ0) is 21.1. The van der Waals surface area contributed by atoms with E-state index in [1.165, 1.54) is 49.6 Å². The first-order valence-corrected chi connectivity index (χ1v) is 11.0. The van der Waals surface area contributed by atoms with Crippen molar-refractivity contribution in [2.75, 3.05) is 0 Å². The molecule has 2 nitrogen and oxygen atoms in total. The lowest BCUT2D eigenvalue weighted by atomic mass is 9.69. The molecule has 2 heteroatoms. The monoisotopic (exact) mass is 408 g/mol. The van der Waals surface area contributed by atoms with E-state index in [-0.39, 0.29) is 0 Å². The van der Waals surface area contributed by atoms with E-state index in [0.717, 1.165) is 5.69 Å². The maximum atomic E-state index is 4.93. The Labute approximate surface area is 186 Å². The van der Waals surface area contributed by atoms with Crippen LogP contribution in [-0.4, -0.2) is 9.97 Å². The molecule has 2 heterocycles. The molecule has 0 amide bonds. The first-order valence-electron chi connectivity index (χ1n) is 11.0. The Bertz CT molecular complexity index is 1570. The van der Waals surface area contributed by atoms with E-state index in [4.69, 9.17) is 4.98 Å². The van der Waals surface area contributed by atoms with Crippen LogP contribution in [0.1, 0.15) is 22.4 Å². The van der Waals surface area contributed by atoms with Crippen molar-refractivity contribution in [1.29, 1.82) is 0 Å². The van der Waals surface area contributed by atoms with Crippen LogP contribution in [-0.2, 0) is 5.41 Å². The third kappa shape index (κ3) is 2.16. The first-order chi connectivity index (χ1) is 15.9. The summed E-state index contributed by atoms with van der Waals surface area (Å²) in [6.45, 7) is 0. The van der Waals surface area contributed by atoms with Crippen LogP contribution in [0.3, 0.4) is 0 Å². The van der Waals surface area contributed by atoms with Gasteiger partial charge in [-0.1, -0.05) is 78.9 Å². The fraction of sp³-hybridized carbons (Fsp3) is 0.0333. The van der Waals surface area contributed by atoms with Gasteiger partial charge in [-0.3, -0.25) is 4.98 Å². The van der Waals surface area contributed by atoms with Crippen LogP contribution in [0.5, 0.6) is 0 Å². The zero-order valence-corrected chi connectivity index (χ0v) is 17.4. The lowest BCUT2D eigenvalue weighted by molar-refractivity contribution is 0.735. The van der Waals surface area contributed by atoms with Crippen LogP contribution in [0.25, 0.3) is 32.9 Å². The molecule has 1 atom stereocenters. The molecule has 0 bridgehead atoms. The van der Waals surface area contributed by atoms with Gasteiger partial charge in [0.15, 0.2) is 0 Å². The third-order valence-corrected chi connectivity index (χ3v) is 6.93. The summed E-state index contributed by atoms with van der Waals surface area (Å²) in [5.41, 5.74) is 9.30. The highest BCUT2D eigenvalue weighted by molar-refractivity contribution is 6.09. The lowest BCUT2D eigenvalue weighted by Crippen LogP contribution is -2.29. The molecular weight excluding hydrogens is 388 g/mol. The van der Waals surface area contributed by atoms with E-state index in [1.54, 1.807) is 0 Å². The average molecular weight is 409 g/mol. The molecule has 32 heavy (non-hydrogen) atoms. The summed E-state index contributed by atoms with van der Waals surface area (Å²) in [4.78, 5) is 8.56. The maximum Gasteiger partial charge on any atom is 0.0886 e. The van der Waals surface area contributed by atoms with Crippen LogP contribution in [0.4, 0.5) is 0 Å². The number of H-pyrrole nitrogens is 1. The minimum absolute atomic E-state index is 0.457. The Morgan fingerprint density at radius 2 is 1.34 bits per heavy atom. The first kappa shape index (κ1) is 17.5. The van der Waals surface area contributed by atoms with Crippen molar-refractivity contribution in [3.63, 3.8) is 0 Å². The molecule has 1 aliphatic carbocycles. The summed E-state index contributed by atoms with van der Waals surface area (Å²) in [6, 6.07) is 39.1. The highest BCUT2D eigenvalue weighted by Crippen LogP contribution is 2.56. The van der Waals surface area contributed by atoms with Gasteiger partial charge in [0.25, 0.3) is 0 Å². The number of rotatable bonds is 2. The number of pyridine rings is 1. The number of nitrogens with one attached hydrogen (secondary N) is 1. The largest absolute Gasteiger partial charge is 0.354 e. The van der Waals surface area contributed by atoms with E-state index in [9.17, 15) is 0 Å². The Kier molecular flexibility index (Phi) is 3.51. The van der Waals surface area contributed by atoms with Gasteiger partial charge >= 0.3 is 0 Å².